The van der Waals surface area contributed by atoms with Crippen molar-refractivity contribution in [3.63, 3.8) is 0 Å². The molecule has 5 nitrogen and oxygen atoms in total. The van der Waals surface area contributed by atoms with Gasteiger partial charge in [0.05, 0.1) is 0 Å². The first-order valence-electron chi connectivity index (χ1n) is 12.3. The van der Waals surface area contributed by atoms with Gasteiger partial charge in [-0.05, 0) is 65.7 Å². The molecule has 0 aliphatic rings. The monoisotopic (exact) mass is 509 g/mol. The molecule has 0 aliphatic carbocycles. The number of aromatic nitrogens is 2. The highest BCUT2D eigenvalue weighted by atomic mass is 35.5. The van der Waals surface area contributed by atoms with Crippen LogP contribution >= 0.6 is 11.6 Å². The van der Waals surface area contributed by atoms with Crippen molar-refractivity contribution in [3.8, 4) is 11.5 Å². The van der Waals surface area contributed by atoms with E-state index in [2.05, 4.69) is 39.3 Å². The fourth-order valence-corrected chi connectivity index (χ4v) is 4.75. The second-order valence-electron chi connectivity index (χ2n) is 9.02. The van der Waals surface area contributed by atoms with Gasteiger partial charge in [-0.1, -0.05) is 48.0 Å². The van der Waals surface area contributed by atoms with Gasteiger partial charge in [0.2, 0.25) is 5.91 Å². The van der Waals surface area contributed by atoms with Crippen LogP contribution in [0, 0.1) is 0 Å². The van der Waals surface area contributed by atoms with Gasteiger partial charge >= 0.3 is 0 Å². The Morgan fingerprint density at radius 2 is 1.78 bits per heavy atom. The maximum absolute atomic E-state index is 13.2. The number of hydrogen-bond donors (Lipinski definition) is 1. The summed E-state index contributed by atoms with van der Waals surface area (Å²) in [5.41, 5.74) is 4.22. The van der Waals surface area contributed by atoms with Crippen molar-refractivity contribution in [1.82, 2.24) is 14.9 Å². The summed E-state index contributed by atoms with van der Waals surface area (Å²) in [5.74, 6) is 1.27. The van der Waals surface area contributed by atoms with Gasteiger partial charge in [0, 0.05) is 66.4 Å². The first kappa shape index (κ1) is 24.6. The minimum Gasteiger partial charge on any atom is -0.457 e. The molecule has 0 fully saturated rings. The van der Waals surface area contributed by atoms with Crippen molar-refractivity contribution in [1.29, 1.82) is 0 Å². The minimum atomic E-state index is -0.144. The van der Waals surface area contributed by atoms with Crippen LogP contribution in [0.3, 0.4) is 0 Å². The number of aryl methyl sites for hydroxylation is 1. The first-order valence-corrected chi connectivity index (χ1v) is 12.7. The fraction of sp³-hybridized carbons (Fsp3) is 0.161. The first-order chi connectivity index (χ1) is 18.1. The number of amides is 1. The lowest BCUT2D eigenvalue weighted by Crippen LogP contribution is -2.27. The zero-order valence-electron chi connectivity index (χ0n) is 20.6. The van der Waals surface area contributed by atoms with Gasteiger partial charge in [0.15, 0.2) is 0 Å². The normalized spacial score (nSPS) is 11.8. The highest BCUT2D eigenvalue weighted by Gasteiger charge is 2.23. The summed E-state index contributed by atoms with van der Waals surface area (Å²) in [5, 5.41) is 4.88. The number of pyridine rings is 1. The molecule has 1 atom stereocenters. The zero-order chi connectivity index (χ0) is 25.6. The van der Waals surface area contributed by atoms with E-state index >= 15 is 0 Å². The van der Waals surface area contributed by atoms with Crippen molar-refractivity contribution >= 4 is 28.4 Å². The molecule has 0 unspecified atom stereocenters. The molecule has 2 aromatic heterocycles. The van der Waals surface area contributed by atoms with Crippen molar-refractivity contribution in [3.05, 3.63) is 125 Å². The Kier molecular flexibility index (Phi) is 7.52. The van der Waals surface area contributed by atoms with Crippen LogP contribution in [0.15, 0.2) is 103 Å². The number of para-hydroxylation sites is 1. The number of fused-ring (bicyclic) bond motifs is 1. The molecule has 3 aromatic carbocycles. The Bertz CT molecular complexity index is 1500. The Morgan fingerprint density at radius 1 is 0.973 bits per heavy atom. The van der Waals surface area contributed by atoms with E-state index < -0.39 is 0 Å². The third-order valence-electron chi connectivity index (χ3n) is 6.43. The van der Waals surface area contributed by atoms with Crippen molar-refractivity contribution in [2.75, 3.05) is 6.54 Å². The molecule has 1 N–H and O–H groups in total. The molecule has 0 saturated carbocycles. The Hall–Kier alpha value is -4.09. The van der Waals surface area contributed by atoms with Crippen LogP contribution in [-0.4, -0.2) is 22.0 Å². The molecule has 37 heavy (non-hydrogen) atoms. The molecule has 0 bridgehead atoms. The molecule has 2 heterocycles. The average Bonchev–Trinajstić information content (AvgIpc) is 3.25. The van der Waals surface area contributed by atoms with Gasteiger partial charge in [-0.25, -0.2) is 0 Å². The SMILES string of the molecule is Cn1cc([C@@H](CC(=O)NCCc2ccccn2)c2cccc(Oc3ccc(Cl)cc3)c2)c2ccccc21. The summed E-state index contributed by atoms with van der Waals surface area (Å²) in [4.78, 5) is 17.5. The Balaban J connectivity index is 1.41. The van der Waals surface area contributed by atoms with E-state index in [9.17, 15) is 4.79 Å². The van der Waals surface area contributed by atoms with Crippen molar-refractivity contribution < 1.29 is 9.53 Å². The number of halogens is 1. The number of carbonyl (C=O) groups is 1. The predicted octanol–water partition coefficient (Wildman–Crippen LogP) is 6.90. The number of ether oxygens (including phenoxy) is 1. The minimum absolute atomic E-state index is 0.00196. The van der Waals surface area contributed by atoms with Gasteiger partial charge in [-0.3, -0.25) is 9.78 Å². The third-order valence-corrected chi connectivity index (χ3v) is 6.68. The van der Waals surface area contributed by atoms with Crippen LogP contribution < -0.4 is 10.1 Å². The molecule has 6 heteroatoms. The molecule has 186 valence electrons. The maximum atomic E-state index is 13.2. The van der Waals surface area contributed by atoms with Gasteiger partial charge in [0.1, 0.15) is 11.5 Å². The van der Waals surface area contributed by atoms with E-state index in [1.165, 1.54) is 0 Å². The smallest absolute Gasteiger partial charge is 0.220 e. The van der Waals surface area contributed by atoms with E-state index in [-0.39, 0.29) is 11.8 Å². The molecule has 0 radical (unpaired) electrons. The Morgan fingerprint density at radius 3 is 2.59 bits per heavy atom. The summed E-state index contributed by atoms with van der Waals surface area (Å²) < 4.78 is 8.22. The van der Waals surface area contributed by atoms with Crippen LogP contribution in [0.5, 0.6) is 11.5 Å². The van der Waals surface area contributed by atoms with Crippen LogP contribution in [0.25, 0.3) is 10.9 Å². The lowest BCUT2D eigenvalue weighted by Gasteiger charge is -2.18. The summed E-state index contributed by atoms with van der Waals surface area (Å²) in [6, 6.07) is 29.4. The quantitative estimate of drug-likeness (QED) is 0.235. The average molecular weight is 510 g/mol. The van der Waals surface area contributed by atoms with Crippen molar-refractivity contribution in [2.24, 2.45) is 7.05 Å². The molecule has 0 saturated heterocycles. The molecular formula is C31H28ClN3O2. The zero-order valence-corrected chi connectivity index (χ0v) is 21.4. The molecular weight excluding hydrogens is 482 g/mol. The van der Waals surface area contributed by atoms with E-state index in [0.29, 0.717) is 35.9 Å². The lowest BCUT2D eigenvalue weighted by atomic mass is 9.88. The molecule has 1 amide bonds. The topological polar surface area (TPSA) is 56.2 Å². The number of rotatable bonds is 9. The van der Waals surface area contributed by atoms with Gasteiger partial charge < -0.3 is 14.6 Å². The molecule has 5 aromatic rings. The number of hydrogen-bond acceptors (Lipinski definition) is 3. The molecule has 0 aliphatic heterocycles. The number of nitrogens with one attached hydrogen (secondary N) is 1. The molecule has 5 rings (SSSR count). The van der Waals surface area contributed by atoms with Crippen molar-refractivity contribution in [2.45, 2.75) is 18.8 Å². The second-order valence-corrected chi connectivity index (χ2v) is 9.46. The highest BCUT2D eigenvalue weighted by Crippen LogP contribution is 2.36. The van der Waals surface area contributed by atoms with E-state index in [4.69, 9.17) is 16.3 Å². The van der Waals surface area contributed by atoms with Gasteiger partial charge in [0.25, 0.3) is 0 Å². The summed E-state index contributed by atoms with van der Waals surface area (Å²) >= 11 is 6.02. The fourth-order valence-electron chi connectivity index (χ4n) is 4.63. The molecule has 0 spiro atoms. The lowest BCUT2D eigenvalue weighted by molar-refractivity contribution is -0.121. The van der Waals surface area contributed by atoms with E-state index in [1.807, 2.05) is 67.7 Å². The highest BCUT2D eigenvalue weighted by molar-refractivity contribution is 6.30. The van der Waals surface area contributed by atoms with Crippen LogP contribution in [0.2, 0.25) is 5.02 Å². The van der Waals surface area contributed by atoms with Gasteiger partial charge in [-0.2, -0.15) is 0 Å². The number of benzene rings is 3. The number of nitrogens with zero attached hydrogens (tertiary/aromatic N) is 2. The number of carbonyl (C=O) groups excluding carboxylic acids is 1. The largest absolute Gasteiger partial charge is 0.457 e. The summed E-state index contributed by atoms with van der Waals surface area (Å²) in [7, 11) is 2.04. The second kappa shape index (κ2) is 11.3. The van der Waals surface area contributed by atoms with E-state index in [0.717, 1.165) is 27.7 Å². The summed E-state index contributed by atoms with van der Waals surface area (Å²) in [6.07, 6.45) is 4.91. The van der Waals surface area contributed by atoms with Gasteiger partial charge in [-0.15, -0.1) is 0 Å². The van der Waals surface area contributed by atoms with Crippen LogP contribution in [0.4, 0.5) is 0 Å². The van der Waals surface area contributed by atoms with Crippen LogP contribution in [-0.2, 0) is 18.3 Å². The predicted molar refractivity (Wildman–Crippen MR) is 148 cm³/mol. The third kappa shape index (κ3) is 6.01. The van der Waals surface area contributed by atoms with E-state index in [1.54, 1.807) is 18.3 Å². The van der Waals surface area contributed by atoms with Crippen LogP contribution in [0.1, 0.15) is 29.2 Å². The maximum Gasteiger partial charge on any atom is 0.220 e. The Labute approximate surface area is 221 Å². The standard InChI is InChI=1S/C31H28ClN3O2/c1-35-21-29(27-10-2-3-11-30(27)35)28(20-31(36)34-18-16-24-8-4-5-17-33-24)22-7-6-9-26(19-22)37-25-14-12-23(32)13-15-25/h2-15,17,19,21,28H,16,18,20H2,1H3,(H,34,36)/t28-/m0/s1. The summed E-state index contributed by atoms with van der Waals surface area (Å²) in [6.45, 7) is 0.540.